The Balaban J connectivity index is 2.15. The highest BCUT2D eigenvalue weighted by Crippen LogP contribution is 2.29. The van der Waals surface area contributed by atoms with Crippen LogP contribution in [0.25, 0.3) is 0 Å². The molecule has 0 radical (unpaired) electrons. The summed E-state index contributed by atoms with van der Waals surface area (Å²) in [6, 6.07) is 0. The number of rotatable bonds is 5. The molecule has 1 aromatic rings. The van der Waals surface area contributed by atoms with Crippen LogP contribution in [0.3, 0.4) is 0 Å². The van der Waals surface area contributed by atoms with Crippen molar-refractivity contribution in [2.45, 2.75) is 58.2 Å². The van der Waals surface area contributed by atoms with Crippen LogP contribution in [0.4, 0.5) is 0 Å². The van der Waals surface area contributed by atoms with Crippen LogP contribution >= 0.6 is 0 Å². The van der Waals surface area contributed by atoms with Crippen LogP contribution in [0.5, 0.6) is 0 Å². The van der Waals surface area contributed by atoms with Gasteiger partial charge in [-0.1, -0.05) is 6.92 Å². The molecule has 1 aliphatic heterocycles. The molecule has 6 nitrogen and oxygen atoms in total. The zero-order valence-corrected chi connectivity index (χ0v) is 11.7. The van der Waals surface area contributed by atoms with Gasteiger partial charge in [0.2, 0.25) is 0 Å². The maximum atomic E-state index is 11.5. The summed E-state index contributed by atoms with van der Waals surface area (Å²) in [5.74, 6) is 0.116. The van der Waals surface area contributed by atoms with Crippen molar-refractivity contribution in [1.29, 1.82) is 0 Å². The Hall–Kier alpha value is -1.43. The van der Waals surface area contributed by atoms with Crippen LogP contribution in [0, 0.1) is 0 Å². The second-order valence-electron chi connectivity index (χ2n) is 5.36. The highest BCUT2D eigenvalue weighted by Gasteiger charge is 2.41. The normalized spacial score (nSPS) is 24.5. The number of carboxylic acids is 1. The van der Waals surface area contributed by atoms with Crippen molar-refractivity contribution in [3.05, 3.63) is 12.2 Å². The molecule has 1 atom stereocenters. The number of nitrogens with zero attached hydrogens (tertiary/aromatic N) is 4. The zero-order valence-electron chi connectivity index (χ0n) is 11.7. The first-order valence-corrected chi connectivity index (χ1v) is 6.93. The van der Waals surface area contributed by atoms with Crippen LogP contribution in [0.15, 0.2) is 6.33 Å². The fourth-order valence-corrected chi connectivity index (χ4v) is 2.65. The first-order valence-electron chi connectivity index (χ1n) is 6.93. The lowest BCUT2D eigenvalue weighted by molar-refractivity contribution is -0.153. The molecule has 0 aromatic carbocycles. The van der Waals surface area contributed by atoms with Crippen molar-refractivity contribution < 1.29 is 9.90 Å². The van der Waals surface area contributed by atoms with Gasteiger partial charge in [0.15, 0.2) is 0 Å². The molecule has 1 aromatic heterocycles. The number of aryl methyl sites for hydroxylation is 1. The van der Waals surface area contributed by atoms with Gasteiger partial charge < -0.3 is 5.11 Å². The molecule has 0 amide bonds. The van der Waals surface area contributed by atoms with Crippen molar-refractivity contribution in [1.82, 2.24) is 19.7 Å². The number of hydrogen-bond donors (Lipinski definition) is 1. The van der Waals surface area contributed by atoms with Crippen molar-refractivity contribution in [2.75, 3.05) is 6.54 Å². The summed E-state index contributed by atoms with van der Waals surface area (Å²) in [5.41, 5.74) is -0.777. The van der Waals surface area contributed by atoms with E-state index >= 15 is 0 Å². The maximum absolute atomic E-state index is 11.5. The van der Waals surface area contributed by atoms with Gasteiger partial charge in [-0.3, -0.25) is 9.69 Å². The molecule has 106 valence electrons. The van der Waals surface area contributed by atoms with Crippen LogP contribution in [0.2, 0.25) is 0 Å². The van der Waals surface area contributed by atoms with Crippen molar-refractivity contribution >= 4 is 5.97 Å². The first kappa shape index (κ1) is 14.0. The molecule has 2 heterocycles. The van der Waals surface area contributed by atoms with Gasteiger partial charge in [0.1, 0.15) is 17.7 Å². The summed E-state index contributed by atoms with van der Waals surface area (Å²) in [6.45, 7) is 6.10. The van der Waals surface area contributed by atoms with E-state index in [1.807, 2.05) is 16.5 Å². The van der Waals surface area contributed by atoms with Crippen LogP contribution < -0.4 is 0 Å². The smallest absolute Gasteiger partial charge is 0.323 e. The van der Waals surface area contributed by atoms with Gasteiger partial charge in [0, 0.05) is 6.54 Å². The third kappa shape index (κ3) is 2.78. The van der Waals surface area contributed by atoms with Gasteiger partial charge in [-0.2, -0.15) is 5.10 Å². The minimum absolute atomic E-state index is 0.558. The Morgan fingerprint density at radius 2 is 2.32 bits per heavy atom. The molecule has 0 bridgehead atoms. The third-order valence-electron chi connectivity index (χ3n) is 3.96. The summed E-state index contributed by atoms with van der Waals surface area (Å²) in [4.78, 5) is 17.8. The fraction of sp³-hybridized carbons (Fsp3) is 0.769. The lowest BCUT2D eigenvalue weighted by Crippen LogP contribution is -2.54. The molecule has 0 saturated carbocycles. The lowest BCUT2D eigenvalue weighted by Gasteiger charge is -2.41. The maximum Gasteiger partial charge on any atom is 0.323 e. The van der Waals surface area contributed by atoms with E-state index in [-0.39, 0.29) is 0 Å². The fourth-order valence-electron chi connectivity index (χ4n) is 2.65. The quantitative estimate of drug-likeness (QED) is 0.874. The van der Waals surface area contributed by atoms with Crippen molar-refractivity contribution in [3.8, 4) is 0 Å². The SMILES string of the molecule is CCCn1ncnc1CN1CCCCC1(C)C(=O)O. The Morgan fingerprint density at radius 1 is 1.53 bits per heavy atom. The van der Waals surface area contributed by atoms with Gasteiger partial charge >= 0.3 is 5.97 Å². The minimum atomic E-state index is -0.777. The zero-order chi connectivity index (χ0) is 13.9. The minimum Gasteiger partial charge on any atom is -0.480 e. The molecule has 0 spiro atoms. The molecule has 1 N–H and O–H groups in total. The highest BCUT2D eigenvalue weighted by atomic mass is 16.4. The van der Waals surface area contributed by atoms with E-state index in [1.54, 1.807) is 6.33 Å². The molecule has 1 fully saturated rings. The average molecular weight is 266 g/mol. The monoisotopic (exact) mass is 266 g/mol. The van der Waals surface area contributed by atoms with Gasteiger partial charge in [-0.15, -0.1) is 0 Å². The number of aromatic nitrogens is 3. The van der Waals surface area contributed by atoms with Crippen molar-refractivity contribution in [2.24, 2.45) is 0 Å². The largest absolute Gasteiger partial charge is 0.480 e. The van der Waals surface area contributed by atoms with E-state index in [0.717, 1.165) is 38.2 Å². The molecule has 2 rings (SSSR count). The van der Waals surface area contributed by atoms with E-state index in [1.165, 1.54) is 0 Å². The highest BCUT2D eigenvalue weighted by molar-refractivity contribution is 5.78. The van der Waals surface area contributed by atoms with Gasteiger partial charge in [0.25, 0.3) is 0 Å². The van der Waals surface area contributed by atoms with E-state index in [9.17, 15) is 9.90 Å². The summed E-state index contributed by atoms with van der Waals surface area (Å²) < 4.78 is 1.87. The number of aliphatic carboxylic acids is 1. The third-order valence-corrected chi connectivity index (χ3v) is 3.96. The second-order valence-corrected chi connectivity index (χ2v) is 5.36. The Morgan fingerprint density at radius 3 is 3.00 bits per heavy atom. The van der Waals surface area contributed by atoms with Crippen molar-refractivity contribution in [3.63, 3.8) is 0 Å². The van der Waals surface area contributed by atoms with E-state index < -0.39 is 11.5 Å². The predicted octanol–water partition coefficient (Wildman–Crippen LogP) is 1.52. The predicted molar refractivity (Wildman–Crippen MR) is 70.6 cm³/mol. The summed E-state index contributed by atoms with van der Waals surface area (Å²) in [5, 5.41) is 13.7. The standard InChI is InChI=1S/C13H22N4O2/c1-3-7-17-11(14-10-15-17)9-16-8-5-4-6-13(16,2)12(18)19/h10H,3-9H2,1-2H3,(H,18,19). The molecular weight excluding hydrogens is 244 g/mol. The number of carboxylic acid groups (broad SMARTS) is 1. The van der Waals surface area contributed by atoms with Gasteiger partial charge in [0.05, 0.1) is 6.54 Å². The van der Waals surface area contributed by atoms with Gasteiger partial charge in [-0.25, -0.2) is 9.67 Å². The number of piperidine rings is 1. The van der Waals surface area contributed by atoms with E-state index in [2.05, 4.69) is 17.0 Å². The second kappa shape index (κ2) is 5.69. The summed E-state index contributed by atoms with van der Waals surface area (Å²) >= 11 is 0. The summed E-state index contributed by atoms with van der Waals surface area (Å²) in [6.07, 6.45) is 5.26. The lowest BCUT2D eigenvalue weighted by atomic mass is 9.88. The topological polar surface area (TPSA) is 71.2 Å². The number of hydrogen-bond acceptors (Lipinski definition) is 4. The first-order chi connectivity index (χ1) is 9.08. The molecule has 19 heavy (non-hydrogen) atoms. The van der Waals surface area contributed by atoms with Crippen LogP contribution in [-0.2, 0) is 17.9 Å². The molecule has 1 unspecified atom stereocenters. The molecular formula is C13H22N4O2. The molecule has 1 saturated heterocycles. The Labute approximate surface area is 113 Å². The van der Waals surface area contributed by atoms with Crippen LogP contribution in [-0.4, -0.2) is 42.8 Å². The number of carbonyl (C=O) groups is 1. The molecule has 0 aliphatic carbocycles. The molecule has 1 aliphatic rings. The Bertz CT molecular complexity index is 446. The van der Waals surface area contributed by atoms with E-state index in [4.69, 9.17) is 0 Å². The number of likely N-dealkylation sites (tertiary alicyclic amines) is 1. The summed E-state index contributed by atoms with van der Waals surface area (Å²) in [7, 11) is 0. The van der Waals surface area contributed by atoms with Crippen LogP contribution in [0.1, 0.15) is 45.4 Å². The Kier molecular flexibility index (Phi) is 4.19. The van der Waals surface area contributed by atoms with E-state index in [0.29, 0.717) is 13.0 Å². The average Bonchev–Trinajstić information content (AvgIpc) is 2.80. The molecule has 6 heteroatoms. The van der Waals surface area contributed by atoms with Gasteiger partial charge in [-0.05, 0) is 39.2 Å².